The van der Waals surface area contributed by atoms with Gasteiger partial charge in [-0.1, -0.05) is 24.3 Å². The number of nitrogens with zero attached hydrogens (tertiary/aromatic N) is 3. The fourth-order valence-electron chi connectivity index (χ4n) is 3.76. The van der Waals surface area contributed by atoms with Crippen LogP contribution in [0, 0.1) is 0 Å². The summed E-state index contributed by atoms with van der Waals surface area (Å²) in [5.41, 5.74) is 2.67. The molecule has 0 bridgehead atoms. The Kier molecular flexibility index (Phi) is 7.51. The van der Waals surface area contributed by atoms with Crippen LogP contribution in [0.15, 0.2) is 53.8 Å². The zero-order chi connectivity index (χ0) is 19.8. The molecule has 152 valence electrons. The monoisotopic (exact) mass is 383 g/mol. The highest BCUT2D eigenvalue weighted by Gasteiger charge is 2.22. The predicted octanol–water partition coefficient (Wildman–Crippen LogP) is 2.46. The first kappa shape index (κ1) is 20.4. The standard InChI is InChI=1S/C22H33N5O/c1-18-15-27(16-19(2)28-18)17-21-9-5-4-8-20(21)14-25-22(23-3)24-10-13-26-11-6-7-12-26/h4-9,11-12,18-19H,10,13-17H2,1-3H3,(H2,23,24,25). The molecule has 6 heteroatoms. The van der Waals surface area contributed by atoms with Gasteiger partial charge in [0.15, 0.2) is 5.96 Å². The fraction of sp³-hybridized carbons (Fsp3) is 0.500. The van der Waals surface area contributed by atoms with Crippen LogP contribution < -0.4 is 10.6 Å². The number of aliphatic imine (C=N–C) groups is 1. The Morgan fingerprint density at radius 2 is 1.71 bits per heavy atom. The van der Waals surface area contributed by atoms with Gasteiger partial charge in [-0.2, -0.15) is 0 Å². The summed E-state index contributed by atoms with van der Waals surface area (Å²) in [5.74, 6) is 0.829. The van der Waals surface area contributed by atoms with Crippen LogP contribution in [0.4, 0.5) is 0 Å². The molecule has 28 heavy (non-hydrogen) atoms. The molecule has 1 aromatic heterocycles. The smallest absolute Gasteiger partial charge is 0.191 e. The normalized spacial score (nSPS) is 20.9. The van der Waals surface area contributed by atoms with Gasteiger partial charge in [0.2, 0.25) is 0 Å². The summed E-state index contributed by atoms with van der Waals surface area (Å²) < 4.78 is 8.02. The summed E-state index contributed by atoms with van der Waals surface area (Å²) in [7, 11) is 1.81. The third-order valence-electron chi connectivity index (χ3n) is 5.01. The van der Waals surface area contributed by atoms with Gasteiger partial charge in [-0.15, -0.1) is 0 Å². The van der Waals surface area contributed by atoms with E-state index < -0.39 is 0 Å². The maximum atomic E-state index is 5.86. The third-order valence-corrected chi connectivity index (χ3v) is 5.01. The molecule has 0 spiro atoms. The lowest BCUT2D eigenvalue weighted by Crippen LogP contribution is -2.45. The van der Waals surface area contributed by atoms with Crippen LogP contribution in [0.25, 0.3) is 0 Å². The summed E-state index contributed by atoms with van der Waals surface area (Å²) >= 11 is 0. The van der Waals surface area contributed by atoms with Gasteiger partial charge in [0, 0.05) is 58.7 Å². The van der Waals surface area contributed by atoms with E-state index in [2.05, 4.69) is 75.6 Å². The van der Waals surface area contributed by atoms with E-state index in [0.29, 0.717) is 0 Å². The van der Waals surface area contributed by atoms with Gasteiger partial charge >= 0.3 is 0 Å². The van der Waals surface area contributed by atoms with E-state index >= 15 is 0 Å². The van der Waals surface area contributed by atoms with E-state index in [9.17, 15) is 0 Å². The van der Waals surface area contributed by atoms with Crippen LogP contribution in [0.3, 0.4) is 0 Å². The Balaban J connectivity index is 1.52. The second-order valence-electron chi connectivity index (χ2n) is 7.49. The Hall–Kier alpha value is -2.31. The average molecular weight is 384 g/mol. The van der Waals surface area contributed by atoms with E-state index in [1.165, 1.54) is 11.1 Å². The molecule has 2 aromatic rings. The highest BCUT2D eigenvalue weighted by molar-refractivity contribution is 5.79. The number of ether oxygens (including phenoxy) is 1. The first-order chi connectivity index (χ1) is 13.6. The maximum Gasteiger partial charge on any atom is 0.191 e. The summed E-state index contributed by atoms with van der Waals surface area (Å²) in [6, 6.07) is 12.7. The maximum absolute atomic E-state index is 5.86. The molecule has 1 aliphatic rings. The lowest BCUT2D eigenvalue weighted by atomic mass is 10.1. The molecule has 1 saturated heterocycles. The number of hydrogen-bond acceptors (Lipinski definition) is 3. The second-order valence-corrected chi connectivity index (χ2v) is 7.49. The zero-order valence-electron chi connectivity index (χ0n) is 17.3. The molecular formula is C22H33N5O. The Morgan fingerprint density at radius 1 is 1.04 bits per heavy atom. The largest absolute Gasteiger partial charge is 0.373 e. The van der Waals surface area contributed by atoms with Crippen molar-refractivity contribution >= 4 is 5.96 Å². The number of morpholine rings is 1. The predicted molar refractivity (Wildman–Crippen MR) is 114 cm³/mol. The van der Waals surface area contributed by atoms with Crippen molar-refractivity contribution in [3.05, 3.63) is 59.9 Å². The Bertz CT molecular complexity index is 733. The molecule has 2 N–H and O–H groups in total. The lowest BCUT2D eigenvalue weighted by molar-refractivity contribution is -0.0705. The zero-order valence-corrected chi connectivity index (χ0v) is 17.3. The summed E-state index contributed by atoms with van der Waals surface area (Å²) in [4.78, 5) is 6.83. The molecule has 0 amide bonds. The van der Waals surface area contributed by atoms with Crippen molar-refractivity contribution in [3.8, 4) is 0 Å². The number of hydrogen-bond donors (Lipinski definition) is 2. The van der Waals surface area contributed by atoms with Crippen LogP contribution in [0.5, 0.6) is 0 Å². The number of benzene rings is 1. The number of nitrogens with one attached hydrogen (secondary N) is 2. The lowest BCUT2D eigenvalue weighted by Gasteiger charge is -2.35. The van der Waals surface area contributed by atoms with Gasteiger partial charge in [-0.25, -0.2) is 0 Å². The quantitative estimate of drug-likeness (QED) is 0.570. The van der Waals surface area contributed by atoms with Gasteiger partial charge in [0.05, 0.1) is 12.2 Å². The minimum absolute atomic E-state index is 0.289. The molecule has 0 radical (unpaired) electrons. The SMILES string of the molecule is CN=C(NCCn1cccc1)NCc1ccccc1CN1CC(C)OC(C)C1. The van der Waals surface area contributed by atoms with Crippen molar-refractivity contribution in [1.82, 2.24) is 20.1 Å². The van der Waals surface area contributed by atoms with Gasteiger partial charge in [-0.05, 0) is 37.1 Å². The molecule has 1 aromatic carbocycles. The number of guanidine groups is 1. The van der Waals surface area contributed by atoms with E-state index in [0.717, 1.165) is 45.2 Å². The highest BCUT2D eigenvalue weighted by Crippen LogP contribution is 2.17. The molecule has 3 rings (SSSR count). The second kappa shape index (κ2) is 10.3. The van der Waals surface area contributed by atoms with Crippen molar-refractivity contribution in [1.29, 1.82) is 0 Å². The van der Waals surface area contributed by atoms with Gasteiger partial charge in [0.25, 0.3) is 0 Å². The molecular weight excluding hydrogens is 350 g/mol. The number of aromatic nitrogens is 1. The van der Waals surface area contributed by atoms with E-state index in [4.69, 9.17) is 4.74 Å². The van der Waals surface area contributed by atoms with Crippen molar-refractivity contribution in [2.75, 3.05) is 26.7 Å². The van der Waals surface area contributed by atoms with Crippen molar-refractivity contribution in [2.45, 2.75) is 45.7 Å². The first-order valence-corrected chi connectivity index (χ1v) is 10.1. The van der Waals surface area contributed by atoms with Crippen molar-refractivity contribution in [3.63, 3.8) is 0 Å². The molecule has 1 aliphatic heterocycles. The third kappa shape index (κ3) is 6.11. The fourth-order valence-corrected chi connectivity index (χ4v) is 3.76. The van der Waals surface area contributed by atoms with E-state index in [1.54, 1.807) is 0 Å². The number of rotatable bonds is 7. The molecule has 1 fully saturated rings. The average Bonchev–Trinajstić information content (AvgIpc) is 3.18. The summed E-state index contributed by atoms with van der Waals surface area (Å²) in [5, 5.41) is 6.83. The molecule has 0 aliphatic carbocycles. The van der Waals surface area contributed by atoms with Crippen molar-refractivity contribution < 1.29 is 4.74 Å². The topological polar surface area (TPSA) is 53.8 Å². The first-order valence-electron chi connectivity index (χ1n) is 10.1. The van der Waals surface area contributed by atoms with Crippen LogP contribution in [-0.4, -0.2) is 54.3 Å². The van der Waals surface area contributed by atoms with E-state index in [1.807, 2.05) is 19.2 Å². The minimum Gasteiger partial charge on any atom is -0.373 e. The van der Waals surface area contributed by atoms with E-state index in [-0.39, 0.29) is 12.2 Å². The molecule has 2 unspecified atom stereocenters. The van der Waals surface area contributed by atoms with Gasteiger partial charge in [-0.3, -0.25) is 9.89 Å². The summed E-state index contributed by atoms with van der Waals surface area (Å²) in [6.07, 6.45) is 4.72. The van der Waals surface area contributed by atoms with Crippen LogP contribution in [0.2, 0.25) is 0 Å². The molecule has 2 atom stereocenters. The van der Waals surface area contributed by atoms with Crippen LogP contribution >= 0.6 is 0 Å². The van der Waals surface area contributed by atoms with Gasteiger partial charge < -0.3 is 19.9 Å². The van der Waals surface area contributed by atoms with Crippen LogP contribution in [-0.2, 0) is 24.4 Å². The van der Waals surface area contributed by atoms with Crippen molar-refractivity contribution in [2.24, 2.45) is 4.99 Å². The highest BCUT2D eigenvalue weighted by atomic mass is 16.5. The van der Waals surface area contributed by atoms with Gasteiger partial charge in [0.1, 0.15) is 0 Å². The van der Waals surface area contributed by atoms with Crippen LogP contribution in [0.1, 0.15) is 25.0 Å². The Morgan fingerprint density at radius 3 is 2.39 bits per heavy atom. The molecule has 2 heterocycles. The molecule has 0 saturated carbocycles. The summed E-state index contributed by atoms with van der Waals surface area (Å²) in [6.45, 7) is 9.73. The minimum atomic E-state index is 0.289. The Labute approximate surface area is 168 Å². The molecule has 6 nitrogen and oxygen atoms in total.